The number of ether oxygens (including phenoxy) is 1. The van der Waals surface area contributed by atoms with Crippen LogP contribution in [-0.4, -0.2) is 28.8 Å². The highest BCUT2D eigenvalue weighted by Crippen LogP contribution is 2.34. The lowest BCUT2D eigenvalue weighted by atomic mass is 10.1. The van der Waals surface area contributed by atoms with Crippen LogP contribution in [0.2, 0.25) is 0 Å². The van der Waals surface area contributed by atoms with E-state index in [0.29, 0.717) is 0 Å². The van der Waals surface area contributed by atoms with E-state index in [1.807, 2.05) is 0 Å². The third kappa shape index (κ3) is 5.63. The van der Waals surface area contributed by atoms with Gasteiger partial charge in [0.05, 0.1) is 22.5 Å². The van der Waals surface area contributed by atoms with Crippen LogP contribution in [0.25, 0.3) is 0 Å². The number of amides is 2. The summed E-state index contributed by atoms with van der Waals surface area (Å²) in [6, 6.07) is 7.18. The van der Waals surface area contributed by atoms with E-state index in [4.69, 9.17) is 4.74 Å². The number of nitrogens with one attached hydrogen (secondary N) is 2. The van der Waals surface area contributed by atoms with Crippen LogP contribution in [0.5, 0.6) is 5.75 Å². The Morgan fingerprint density at radius 1 is 0.833 bits per heavy atom. The van der Waals surface area contributed by atoms with Crippen LogP contribution in [-0.2, 0) is 0 Å². The van der Waals surface area contributed by atoms with E-state index in [-0.39, 0.29) is 25.8 Å². The summed E-state index contributed by atoms with van der Waals surface area (Å²) in [7, 11) is 1.20. The molecule has 0 fully saturated rings. The normalized spacial score (nSPS) is 10.5. The number of nitrogens with zero attached hydrogens (tertiary/aromatic N) is 2. The number of carbonyl (C=O) groups is 2. The van der Waals surface area contributed by atoms with Crippen molar-refractivity contribution in [1.29, 1.82) is 0 Å². The second kappa shape index (κ2) is 10.7. The first-order valence-electron chi connectivity index (χ1n) is 9.50. The average Bonchev–Trinajstić information content (AvgIpc) is 2.81. The maximum absolute atomic E-state index is 14.4. The number of nitro groups is 2. The van der Waals surface area contributed by atoms with E-state index < -0.39 is 56.0 Å². The number of halogens is 4. The summed E-state index contributed by atoms with van der Waals surface area (Å²) in [6.45, 7) is 0. The van der Waals surface area contributed by atoms with E-state index in [1.54, 1.807) is 0 Å². The van der Waals surface area contributed by atoms with E-state index >= 15 is 0 Å². The predicted octanol–water partition coefficient (Wildman–Crippen LogP) is 5.82. The van der Waals surface area contributed by atoms with Crippen LogP contribution in [0.15, 0.2) is 51.4 Å². The summed E-state index contributed by atoms with van der Waals surface area (Å²) in [6.07, 6.45) is 0. The number of methoxy groups -OCH3 is 1. The average molecular weight is 630 g/mol. The first-order chi connectivity index (χ1) is 16.9. The van der Waals surface area contributed by atoms with Gasteiger partial charge < -0.3 is 15.4 Å². The summed E-state index contributed by atoms with van der Waals surface area (Å²) >= 11 is 5.86. The van der Waals surface area contributed by atoms with Gasteiger partial charge in [-0.2, -0.15) is 0 Å². The summed E-state index contributed by atoms with van der Waals surface area (Å²) < 4.78 is 34.0. The lowest BCUT2D eigenvalue weighted by Crippen LogP contribution is -2.18. The SMILES string of the molecule is COc1ccc(C(=O)Nc2c(F)cc(Br)cc2[N+](=O)[O-])cc1C(=O)Nc1c(F)cc(Br)cc1[N+](=O)[O-]. The molecule has 186 valence electrons. The molecule has 0 spiro atoms. The maximum atomic E-state index is 14.4. The number of carbonyl (C=O) groups excluding carboxylic acids is 2. The summed E-state index contributed by atoms with van der Waals surface area (Å²) in [4.78, 5) is 46.5. The van der Waals surface area contributed by atoms with Crippen LogP contribution in [0.1, 0.15) is 20.7 Å². The molecule has 15 heteroatoms. The summed E-state index contributed by atoms with van der Waals surface area (Å²) in [5.74, 6) is -4.35. The minimum Gasteiger partial charge on any atom is -0.496 e. The molecule has 0 atom stereocenters. The van der Waals surface area contributed by atoms with Crippen molar-refractivity contribution in [3.05, 3.63) is 94.4 Å². The van der Waals surface area contributed by atoms with Crippen molar-refractivity contribution in [2.24, 2.45) is 0 Å². The molecule has 0 aliphatic heterocycles. The monoisotopic (exact) mass is 628 g/mol. The number of benzene rings is 3. The van der Waals surface area contributed by atoms with Gasteiger partial charge in [0.15, 0.2) is 23.0 Å². The van der Waals surface area contributed by atoms with E-state index in [9.17, 15) is 38.6 Å². The zero-order chi connectivity index (χ0) is 26.7. The quantitative estimate of drug-likeness (QED) is 0.247. The van der Waals surface area contributed by atoms with Crippen LogP contribution >= 0.6 is 31.9 Å². The Bertz CT molecular complexity index is 1440. The van der Waals surface area contributed by atoms with Crippen molar-refractivity contribution in [3.8, 4) is 5.75 Å². The summed E-state index contributed by atoms with van der Waals surface area (Å²) in [5.41, 5.74) is -3.46. The summed E-state index contributed by atoms with van der Waals surface area (Å²) in [5, 5.41) is 26.8. The molecule has 0 saturated heterocycles. The molecule has 0 bridgehead atoms. The minimum atomic E-state index is -1.10. The molecule has 36 heavy (non-hydrogen) atoms. The molecule has 0 saturated carbocycles. The predicted molar refractivity (Wildman–Crippen MR) is 130 cm³/mol. The standard InChI is InChI=1S/C21H12Br2F2N4O7/c1-36-17-3-2-9(20(30)26-18-13(24)5-10(22)7-15(18)28(32)33)4-12(17)21(31)27-19-14(25)6-11(23)8-16(19)29(34)35/h2-8H,1H3,(H,26,30)(H,27,31). The Balaban J connectivity index is 1.98. The van der Waals surface area contributed by atoms with Gasteiger partial charge in [0, 0.05) is 26.6 Å². The van der Waals surface area contributed by atoms with Gasteiger partial charge in [0.2, 0.25) is 0 Å². The van der Waals surface area contributed by atoms with Gasteiger partial charge in [0.1, 0.15) is 5.75 Å². The van der Waals surface area contributed by atoms with Crippen molar-refractivity contribution >= 4 is 66.4 Å². The zero-order valence-corrected chi connectivity index (χ0v) is 21.0. The van der Waals surface area contributed by atoms with Gasteiger partial charge in [-0.05, 0) is 30.3 Å². The van der Waals surface area contributed by atoms with Crippen molar-refractivity contribution < 1.29 is 33.0 Å². The fourth-order valence-corrected chi connectivity index (χ4v) is 3.88. The van der Waals surface area contributed by atoms with Gasteiger partial charge in [-0.25, -0.2) is 8.78 Å². The van der Waals surface area contributed by atoms with Crippen LogP contribution < -0.4 is 15.4 Å². The molecule has 2 amide bonds. The molecule has 11 nitrogen and oxygen atoms in total. The third-order valence-corrected chi connectivity index (χ3v) is 5.56. The molecule has 0 heterocycles. The highest BCUT2D eigenvalue weighted by Gasteiger charge is 2.26. The molecule has 0 unspecified atom stereocenters. The Hall–Kier alpha value is -3.98. The van der Waals surface area contributed by atoms with Gasteiger partial charge in [0.25, 0.3) is 23.2 Å². The van der Waals surface area contributed by atoms with Gasteiger partial charge in [-0.3, -0.25) is 29.8 Å². The first kappa shape index (κ1) is 26.6. The van der Waals surface area contributed by atoms with Crippen LogP contribution in [0, 0.1) is 31.9 Å². The van der Waals surface area contributed by atoms with Crippen molar-refractivity contribution in [3.63, 3.8) is 0 Å². The smallest absolute Gasteiger partial charge is 0.296 e. The lowest BCUT2D eigenvalue weighted by molar-refractivity contribution is -0.384. The molecule has 0 aliphatic carbocycles. The number of hydrogen-bond donors (Lipinski definition) is 2. The number of rotatable bonds is 7. The Morgan fingerprint density at radius 3 is 1.75 bits per heavy atom. The number of anilines is 2. The van der Waals surface area contributed by atoms with Crippen LogP contribution in [0.4, 0.5) is 31.5 Å². The molecule has 3 aromatic carbocycles. The topological polar surface area (TPSA) is 154 Å². The Morgan fingerprint density at radius 2 is 1.31 bits per heavy atom. The molecule has 0 radical (unpaired) electrons. The van der Waals surface area contributed by atoms with Gasteiger partial charge in [-0.15, -0.1) is 0 Å². The fourth-order valence-electron chi connectivity index (χ4n) is 3.05. The second-order valence-corrected chi connectivity index (χ2v) is 8.73. The van der Waals surface area contributed by atoms with Gasteiger partial charge >= 0.3 is 0 Å². The number of hydrogen-bond acceptors (Lipinski definition) is 7. The molecule has 3 rings (SSSR count). The zero-order valence-electron chi connectivity index (χ0n) is 17.8. The molecular formula is C21H12Br2F2N4O7. The minimum absolute atomic E-state index is 0.0650. The lowest BCUT2D eigenvalue weighted by Gasteiger charge is -2.13. The van der Waals surface area contributed by atoms with E-state index in [0.717, 1.165) is 30.3 Å². The second-order valence-electron chi connectivity index (χ2n) is 6.90. The highest BCUT2D eigenvalue weighted by atomic mass is 79.9. The molecule has 0 aromatic heterocycles. The number of nitro benzene ring substituents is 2. The van der Waals surface area contributed by atoms with Crippen molar-refractivity contribution in [2.75, 3.05) is 17.7 Å². The Labute approximate surface area is 217 Å². The maximum Gasteiger partial charge on any atom is 0.296 e. The Kier molecular flexibility index (Phi) is 7.94. The molecule has 3 aromatic rings. The largest absolute Gasteiger partial charge is 0.496 e. The molecule has 2 N–H and O–H groups in total. The van der Waals surface area contributed by atoms with Crippen molar-refractivity contribution in [1.82, 2.24) is 0 Å². The fraction of sp³-hybridized carbons (Fsp3) is 0.0476. The molecule has 0 aliphatic rings. The van der Waals surface area contributed by atoms with Gasteiger partial charge in [-0.1, -0.05) is 31.9 Å². The van der Waals surface area contributed by atoms with Crippen molar-refractivity contribution in [2.45, 2.75) is 0 Å². The molecular weight excluding hydrogens is 618 g/mol. The van der Waals surface area contributed by atoms with E-state index in [1.165, 1.54) is 19.2 Å². The van der Waals surface area contributed by atoms with E-state index in [2.05, 4.69) is 42.5 Å². The van der Waals surface area contributed by atoms with Crippen LogP contribution in [0.3, 0.4) is 0 Å². The highest BCUT2D eigenvalue weighted by molar-refractivity contribution is 9.10. The first-order valence-corrected chi connectivity index (χ1v) is 11.1. The third-order valence-electron chi connectivity index (χ3n) is 4.65.